The summed E-state index contributed by atoms with van der Waals surface area (Å²) in [6.07, 6.45) is 0. The topological polar surface area (TPSA) is 49.7 Å². The van der Waals surface area contributed by atoms with Crippen molar-refractivity contribution in [3.05, 3.63) is 29.1 Å². The largest absolute Gasteiger partial charge is 0.492 e. The molecule has 0 spiro atoms. The first-order valence-corrected chi connectivity index (χ1v) is 3.94. The van der Waals surface area contributed by atoms with Crippen molar-refractivity contribution >= 4 is 12.6 Å². The molecule has 0 amide bonds. The van der Waals surface area contributed by atoms with Crippen LogP contribution in [0.15, 0.2) is 12.1 Å². The summed E-state index contributed by atoms with van der Waals surface area (Å²) < 4.78 is 18.0. The van der Waals surface area contributed by atoms with E-state index in [2.05, 4.69) is 0 Å². The molecule has 13 heavy (non-hydrogen) atoms. The van der Waals surface area contributed by atoms with Crippen molar-refractivity contribution in [3.63, 3.8) is 0 Å². The van der Waals surface area contributed by atoms with Crippen LogP contribution in [0.5, 0.6) is 0 Å². The van der Waals surface area contributed by atoms with E-state index >= 15 is 0 Å². The summed E-state index contributed by atoms with van der Waals surface area (Å²) in [5.41, 5.74) is 1.24. The van der Waals surface area contributed by atoms with Crippen molar-refractivity contribution < 1.29 is 19.2 Å². The summed E-state index contributed by atoms with van der Waals surface area (Å²) in [4.78, 5) is 0. The molecule has 1 heterocycles. The van der Waals surface area contributed by atoms with E-state index in [9.17, 15) is 9.41 Å². The van der Waals surface area contributed by atoms with Crippen molar-refractivity contribution in [1.82, 2.24) is 0 Å². The summed E-state index contributed by atoms with van der Waals surface area (Å²) in [5.74, 6) is -0.509. The Morgan fingerprint density at radius 2 is 2.31 bits per heavy atom. The Labute approximate surface area is 74.9 Å². The predicted octanol–water partition coefficient (Wildman–Crippen LogP) is -0.464. The van der Waals surface area contributed by atoms with Crippen LogP contribution in [0.1, 0.15) is 11.1 Å². The van der Waals surface area contributed by atoms with E-state index in [0.717, 1.165) is 5.56 Å². The van der Waals surface area contributed by atoms with Crippen LogP contribution in [0, 0.1) is 5.82 Å². The summed E-state index contributed by atoms with van der Waals surface area (Å²) in [5, 5.41) is 18.2. The van der Waals surface area contributed by atoms with Gasteiger partial charge in [-0.05, 0) is 17.1 Å². The van der Waals surface area contributed by atoms with Crippen LogP contribution in [0.25, 0.3) is 0 Å². The molecule has 1 aliphatic heterocycles. The molecule has 2 N–H and O–H groups in total. The lowest BCUT2D eigenvalue weighted by molar-refractivity contribution is 0.272. The zero-order valence-corrected chi connectivity index (χ0v) is 6.83. The molecule has 1 aromatic rings. The monoisotopic (exact) mass is 182 g/mol. The fraction of sp³-hybridized carbons (Fsp3) is 0.250. The average molecular weight is 182 g/mol. The number of aliphatic hydroxyl groups excluding tert-OH is 1. The van der Waals surface area contributed by atoms with Gasteiger partial charge in [-0.25, -0.2) is 4.39 Å². The smallest absolute Gasteiger partial charge is 0.423 e. The second kappa shape index (κ2) is 3.10. The highest BCUT2D eigenvalue weighted by Gasteiger charge is 2.31. The summed E-state index contributed by atoms with van der Waals surface area (Å²) in [6.45, 7) is -0.154. The van der Waals surface area contributed by atoms with Gasteiger partial charge in [0.15, 0.2) is 0 Å². The van der Waals surface area contributed by atoms with Crippen molar-refractivity contribution in [2.75, 3.05) is 0 Å². The molecule has 5 heteroatoms. The second-order valence-corrected chi connectivity index (χ2v) is 2.92. The number of hydrogen-bond donors (Lipinski definition) is 2. The van der Waals surface area contributed by atoms with E-state index in [-0.39, 0.29) is 12.2 Å². The molecule has 1 aliphatic rings. The third-order valence-corrected chi connectivity index (χ3v) is 2.19. The molecule has 0 aromatic heterocycles. The Kier molecular flexibility index (Phi) is 2.07. The number of halogens is 1. The molecule has 3 nitrogen and oxygen atoms in total. The first-order chi connectivity index (χ1) is 6.24. The zero-order valence-electron chi connectivity index (χ0n) is 6.83. The van der Waals surface area contributed by atoms with Crippen LogP contribution in [0.4, 0.5) is 4.39 Å². The maximum Gasteiger partial charge on any atom is 0.492 e. The van der Waals surface area contributed by atoms with Crippen LogP contribution in [0.2, 0.25) is 0 Å². The quantitative estimate of drug-likeness (QED) is 0.577. The van der Waals surface area contributed by atoms with Gasteiger partial charge >= 0.3 is 7.12 Å². The van der Waals surface area contributed by atoms with Crippen LogP contribution < -0.4 is 5.46 Å². The van der Waals surface area contributed by atoms with Crippen LogP contribution in [-0.4, -0.2) is 17.2 Å². The van der Waals surface area contributed by atoms with E-state index in [1.54, 1.807) is 6.07 Å². The number of benzene rings is 1. The third-order valence-electron chi connectivity index (χ3n) is 2.19. The molecule has 2 rings (SSSR count). The van der Waals surface area contributed by atoms with E-state index in [4.69, 9.17) is 9.76 Å². The summed E-state index contributed by atoms with van der Waals surface area (Å²) >= 11 is 0. The minimum absolute atomic E-state index is 0.127. The molecule has 68 valence electrons. The Morgan fingerprint density at radius 1 is 1.54 bits per heavy atom. The Morgan fingerprint density at radius 3 is 3.00 bits per heavy atom. The van der Waals surface area contributed by atoms with Gasteiger partial charge in [-0.1, -0.05) is 6.07 Å². The number of hydrogen-bond acceptors (Lipinski definition) is 3. The number of fused-ring (bicyclic) bond motifs is 1. The minimum Gasteiger partial charge on any atom is -0.423 e. The molecule has 0 radical (unpaired) electrons. The Bertz CT molecular complexity index is 342. The van der Waals surface area contributed by atoms with Gasteiger partial charge in [0.1, 0.15) is 5.82 Å². The number of aliphatic hydroxyl groups is 1. The summed E-state index contributed by atoms with van der Waals surface area (Å²) in [6, 6.07) is 2.83. The first-order valence-electron chi connectivity index (χ1n) is 3.94. The van der Waals surface area contributed by atoms with Gasteiger partial charge in [0, 0.05) is 5.56 Å². The van der Waals surface area contributed by atoms with E-state index < -0.39 is 19.5 Å². The predicted molar refractivity (Wildman–Crippen MR) is 44.7 cm³/mol. The molecule has 0 atom stereocenters. The normalized spacial score (nSPS) is 14.8. The molecule has 1 aromatic carbocycles. The fourth-order valence-corrected chi connectivity index (χ4v) is 1.53. The van der Waals surface area contributed by atoms with E-state index in [1.165, 1.54) is 6.07 Å². The molecular formula is C8H8BFO3. The highest BCUT2D eigenvalue weighted by Crippen LogP contribution is 2.15. The first kappa shape index (κ1) is 8.68. The van der Waals surface area contributed by atoms with Crippen molar-refractivity contribution in [3.8, 4) is 0 Å². The molecule has 0 unspecified atom stereocenters. The van der Waals surface area contributed by atoms with E-state index in [0.29, 0.717) is 5.46 Å². The van der Waals surface area contributed by atoms with Crippen molar-refractivity contribution in [2.24, 2.45) is 0 Å². The SMILES string of the molecule is OCc1c(F)ccc2c1B(O)OC2. The lowest BCUT2D eigenvalue weighted by Crippen LogP contribution is -2.32. The van der Waals surface area contributed by atoms with Crippen LogP contribution in [0.3, 0.4) is 0 Å². The molecule has 0 saturated heterocycles. The highest BCUT2D eigenvalue weighted by molar-refractivity contribution is 6.62. The molecular weight excluding hydrogens is 174 g/mol. The van der Waals surface area contributed by atoms with E-state index in [1.807, 2.05) is 0 Å². The standard InChI is InChI=1S/C8H8BFO3/c10-7-2-1-5-4-13-9(12)8(5)6(7)3-11/h1-2,11-12H,3-4H2. The summed E-state index contributed by atoms with van der Waals surface area (Å²) in [7, 11) is -1.10. The van der Waals surface area contributed by atoms with Gasteiger partial charge in [-0.15, -0.1) is 0 Å². The maximum absolute atomic E-state index is 13.1. The Balaban J connectivity index is 2.60. The van der Waals surface area contributed by atoms with Crippen molar-refractivity contribution in [2.45, 2.75) is 13.2 Å². The lowest BCUT2D eigenvalue weighted by atomic mass is 9.76. The average Bonchev–Trinajstić information content (AvgIpc) is 2.49. The van der Waals surface area contributed by atoms with Crippen LogP contribution in [-0.2, 0) is 17.9 Å². The molecule has 0 fully saturated rings. The number of rotatable bonds is 1. The fourth-order valence-electron chi connectivity index (χ4n) is 1.53. The Hall–Kier alpha value is -0.905. The second-order valence-electron chi connectivity index (χ2n) is 2.92. The highest BCUT2D eigenvalue weighted by atomic mass is 19.1. The van der Waals surface area contributed by atoms with Gasteiger partial charge in [-0.2, -0.15) is 0 Å². The molecule has 0 saturated carbocycles. The lowest BCUT2D eigenvalue weighted by Gasteiger charge is -2.05. The van der Waals surface area contributed by atoms with Gasteiger partial charge in [0.25, 0.3) is 0 Å². The molecule has 0 aliphatic carbocycles. The maximum atomic E-state index is 13.1. The van der Waals surface area contributed by atoms with Crippen molar-refractivity contribution in [1.29, 1.82) is 0 Å². The van der Waals surface area contributed by atoms with Gasteiger partial charge in [-0.3, -0.25) is 0 Å². The van der Waals surface area contributed by atoms with Crippen LogP contribution >= 0.6 is 0 Å². The molecule has 0 bridgehead atoms. The van der Waals surface area contributed by atoms with Gasteiger partial charge in [0.2, 0.25) is 0 Å². The van der Waals surface area contributed by atoms with Gasteiger partial charge < -0.3 is 14.8 Å². The zero-order chi connectivity index (χ0) is 9.42. The minimum atomic E-state index is -1.10. The third kappa shape index (κ3) is 1.25. The van der Waals surface area contributed by atoms with Gasteiger partial charge in [0.05, 0.1) is 13.2 Å².